The van der Waals surface area contributed by atoms with Crippen molar-refractivity contribution in [1.82, 2.24) is 0 Å². The Balaban J connectivity index is 2.28. The first-order chi connectivity index (χ1) is 7.74. The number of nitrogens with zero attached hydrogens (tertiary/aromatic N) is 1. The lowest BCUT2D eigenvalue weighted by molar-refractivity contribution is 0.281. The van der Waals surface area contributed by atoms with Gasteiger partial charge < -0.3 is 10.0 Å². The summed E-state index contributed by atoms with van der Waals surface area (Å²) >= 11 is 0. The summed E-state index contributed by atoms with van der Waals surface area (Å²) in [4.78, 5) is 2.47. The van der Waals surface area contributed by atoms with E-state index >= 15 is 0 Å². The summed E-state index contributed by atoms with van der Waals surface area (Å²) in [6.45, 7) is 5.83. The van der Waals surface area contributed by atoms with Crippen molar-refractivity contribution in [3.63, 3.8) is 0 Å². The molecule has 88 valence electrons. The number of anilines is 1. The van der Waals surface area contributed by atoms with Crippen LogP contribution in [0, 0.1) is 5.92 Å². The van der Waals surface area contributed by atoms with Crippen LogP contribution >= 0.6 is 0 Å². The average Bonchev–Trinajstić information content (AvgIpc) is 2.77. The van der Waals surface area contributed by atoms with Crippen molar-refractivity contribution in [2.24, 2.45) is 5.92 Å². The van der Waals surface area contributed by atoms with Crippen LogP contribution in [0.2, 0.25) is 0 Å². The summed E-state index contributed by atoms with van der Waals surface area (Å²) < 4.78 is 0. The molecule has 1 unspecified atom stereocenters. The lowest BCUT2D eigenvalue weighted by atomic mass is 10.0. The Bertz CT molecular complexity index is 348. The molecule has 16 heavy (non-hydrogen) atoms. The maximum atomic E-state index is 9.38. The number of aliphatic hydroxyl groups is 1. The molecule has 1 aliphatic heterocycles. The van der Waals surface area contributed by atoms with Gasteiger partial charge in [0.2, 0.25) is 0 Å². The molecule has 1 N–H and O–H groups in total. The van der Waals surface area contributed by atoms with E-state index in [1.54, 1.807) is 0 Å². The first-order valence-corrected chi connectivity index (χ1v) is 6.19. The number of aliphatic hydroxyl groups excluding tert-OH is 1. The van der Waals surface area contributed by atoms with Crippen LogP contribution in [0.25, 0.3) is 0 Å². The van der Waals surface area contributed by atoms with Crippen LogP contribution in [0.3, 0.4) is 0 Å². The molecule has 0 aliphatic carbocycles. The monoisotopic (exact) mass is 219 g/mol. The van der Waals surface area contributed by atoms with Gasteiger partial charge >= 0.3 is 0 Å². The molecule has 2 heteroatoms. The quantitative estimate of drug-likeness (QED) is 0.845. The number of benzene rings is 1. The minimum absolute atomic E-state index is 0.136. The maximum absolute atomic E-state index is 9.38. The van der Waals surface area contributed by atoms with Gasteiger partial charge in [0.1, 0.15) is 0 Å². The molecule has 2 rings (SSSR count). The molecule has 0 aromatic heterocycles. The fraction of sp³-hybridized carbons (Fsp3) is 0.571. The largest absolute Gasteiger partial charge is 0.392 e. The smallest absolute Gasteiger partial charge is 0.0702 e. The highest BCUT2D eigenvalue weighted by atomic mass is 16.3. The van der Waals surface area contributed by atoms with E-state index in [4.69, 9.17) is 0 Å². The van der Waals surface area contributed by atoms with Crippen molar-refractivity contribution in [1.29, 1.82) is 0 Å². The van der Waals surface area contributed by atoms with Gasteiger partial charge in [-0.25, -0.2) is 0 Å². The summed E-state index contributed by atoms with van der Waals surface area (Å²) in [7, 11) is 0. The molecule has 1 saturated heterocycles. The van der Waals surface area contributed by atoms with Gasteiger partial charge in [0.15, 0.2) is 0 Å². The van der Waals surface area contributed by atoms with E-state index in [1.807, 2.05) is 12.1 Å². The van der Waals surface area contributed by atoms with Crippen LogP contribution in [0.5, 0.6) is 0 Å². The highest BCUT2D eigenvalue weighted by molar-refractivity contribution is 5.55. The van der Waals surface area contributed by atoms with Crippen molar-refractivity contribution in [3.8, 4) is 0 Å². The maximum Gasteiger partial charge on any atom is 0.0702 e. The molecule has 1 aromatic carbocycles. The lowest BCUT2D eigenvalue weighted by Gasteiger charge is -2.31. The van der Waals surface area contributed by atoms with Crippen LogP contribution in [-0.4, -0.2) is 17.7 Å². The van der Waals surface area contributed by atoms with Crippen molar-refractivity contribution in [3.05, 3.63) is 29.8 Å². The van der Waals surface area contributed by atoms with Crippen LogP contribution in [0.15, 0.2) is 24.3 Å². The van der Waals surface area contributed by atoms with Gasteiger partial charge in [0.25, 0.3) is 0 Å². The molecule has 1 atom stereocenters. The fourth-order valence-electron chi connectivity index (χ4n) is 2.71. The second-order valence-electron chi connectivity index (χ2n) is 4.93. The minimum atomic E-state index is 0.136. The molecular weight excluding hydrogens is 198 g/mol. The summed E-state index contributed by atoms with van der Waals surface area (Å²) in [6.07, 6.45) is 2.54. The average molecular weight is 219 g/mol. The van der Waals surface area contributed by atoms with E-state index in [-0.39, 0.29) is 6.61 Å². The molecule has 0 bridgehead atoms. The van der Waals surface area contributed by atoms with Gasteiger partial charge in [0.05, 0.1) is 6.61 Å². The standard InChI is InChI=1S/C14H21NO/c1-11(2)13-8-5-9-15(13)14-7-4-3-6-12(14)10-16/h3-4,6-7,11,13,16H,5,8-10H2,1-2H3. The summed E-state index contributed by atoms with van der Waals surface area (Å²) in [5.41, 5.74) is 2.27. The predicted molar refractivity (Wildman–Crippen MR) is 67.6 cm³/mol. The molecule has 2 nitrogen and oxygen atoms in total. The second kappa shape index (κ2) is 4.88. The van der Waals surface area contributed by atoms with Gasteiger partial charge in [-0.05, 0) is 24.8 Å². The van der Waals surface area contributed by atoms with E-state index in [9.17, 15) is 5.11 Å². The summed E-state index contributed by atoms with van der Waals surface area (Å²) in [6, 6.07) is 8.84. The van der Waals surface area contributed by atoms with Crippen LogP contribution < -0.4 is 4.90 Å². The van der Waals surface area contributed by atoms with Gasteiger partial charge in [-0.15, -0.1) is 0 Å². The van der Waals surface area contributed by atoms with Gasteiger partial charge in [0, 0.05) is 23.8 Å². The second-order valence-corrected chi connectivity index (χ2v) is 4.93. The van der Waals surface area contributed by atoms with Crippen molar-refractivity contribution in [2.75, 3.05) is 11.4 Å². The summed E-state index contributed by atoms with van der Waals surface area (Å²) in [5.74, 6) is 0.675. The SMILES string of the molecule is CC(C)C1CCCN1c1ccccc1CO. The number of hydrogen-bond acceptors (Lipinski definition) is 2. The molecule has 1 fully saturated rings. The van der Waals surface area contributed by atoms with Crippen molar-refractivity contribution < 1.29 is 5.11 Å². The zero-order valence-electron chi connectivity index (χ0n) is 10.2. The third-order valence-electron chi connectivity index (χ3n) is 3.54. The number of hydrogen-bond donors (Lipinski definition) is 1. The van der Waals surface area contributed by atoms with E-state index in [0.29, 0.717) is 12.0 Å². The molecule has 0 radical (unpaired) electrons. The molecular formula is C14H21NO. The Kier molecular flexibility index (Phi) is 3.49. The molecule has 1 aromatic rings. The Morgan fingerprint density at radius 3 is 2.81 bits per heavy atom. The molecule has 0 spiro atoms. The van der Waals surface area contributed by atoms with Crippen molar-refractivity contribution in [2.45, 2.75) is 39.3 Å². The third kappa shape index (κ3) is 2.07. The van der Waals surface area contributed by atoms with Crippen LogP contribution in [0.4, 0.5) is 5.69 Å². The molecule has 0 saturated carbocycles. The zero-order valence-corrected chi connectivity index (χ0v) is 10.2. The zero-order chi connectivity index (χ0) is 11.5. The van der Waals surface area contributed by atoms with Gasteiger partial charge in [-0.1, -0.05) is 32.0 Å². The first-order valence-electron chi connectivity index (χ1n) is 6.19. The van der Waals surface area contributed by atoms with E-state index in [1.165, 1.54) is 18.5 Å². The normalized spacial score (nSPS) is 20.8. The van der Waals surface area contributed by atoms with E-state index < -0.39 is 0 Å². The molecule has 1 aliphatic rings. The van der Waals surface area contributed by atoms with Crippen molar-refractivity contribution >= 4 is 5.69 Å². The Labute approximate surface area is 97.9 Å². The van der Waals surface area contributed by atoms with Gasteiger partial charge in [-0.2, -0.15) is 0 Å². The predicted octanol–water partition coefficient (Wildman–Crippen LogP) is 2.80. The Morgan fingerprint density at radius 1 is 1.38 bits per heavy atom. The highest BCUT2D eigenvalue weighted by Gasteiger charge is 2.28. The molecule has 0 amide bonds. The Morgan fingerprint density at radius 2 is 2.12 bits per heavy atom. The highest BCUT2D eigenvalue weighted by Crippen LogP contribution is 2.31. The van der Waals surface area contributed by atoms with E-state index in [2.05, 4.69) is 30.9 Å². The third-order valence-corrected chi connectivity index (χ3v) is 3.54. The molecule has 1 heterocycles. The Hall–Kier alpha value is -1.02. The fourth-order valence-corrected chi connectivity index (χ4v) is 2.71. The summed E-state index contributed by atoms with van der Waals surface area (Å²) in [5, 5.41) is 9.38. The van der Waals surface area contributed by atoms with E-state index in [0.717, 1.165) is 12.1 Å². The van der Waals surface area contributed by atoms with Gasteiger partial charge in [-0.3, -0.25) is 0 Å². The minimum Gasteiger partial charge on any atom is -0.392 e. The van der Waals surface area contributed by atoms with Crippen LogP contribution in [-0.2, 0) is 6.61 Å². The number of para-hydroxylation sites is 1. The first kappa shape index (κ1) is 11.5. The topological polar surface area (TPSA) is 23.5 Å². The number of rotatable bonds is 3. The van der Waals surface area contributed by atoms with Crippen LogP contribution in [0.1, 0.15) is 32.3 Å². The lowest BCUT2D eigenvalue weighted by Crippen LogP contribution is -2.33.